The molecular formula is C51H40B5N5. The molecular weight excluding hydrogens is 737 g/mol. The highest BCUT2D eigenvalue weighted by atomic mass is 15.2. The molecule has 0 spiro atoms. The monoisotopic (exact) mass is 777 g/mol. The molecule has 3 heterocycles. The topological polar surface area (TPSA) is 48.5 Å². The average Bonchev–Trinajstić information content (AvgIpc) is 3.84. The molecule has 3 aromatic heterocycles. The number of hydrogen-bond acceptors (Lipinski definition) is 3. The Morgan fingerprint density at radius 1 is 0.443 bits per heavy atom. The first kappa shape index (κ1) is 37.0. The highest BCUT2D eigenvalue weighted by Crippen LogP contribution is 2.43. The zero-order valence-electron chi connectivity index (χ0n) is 35.2. The van der Waals surface area contributed by atoms with Crippen LogP contribution in [0.3, 0.4) is 0 Å². The summed E-state index contributed by atoms with van der Waals surface area (Å²) in [5.41, 5.74) is 19.0. The van der Waals surface area contributed by atoms with Crippen molar-refractivity contribution in [2.24, 2.45) is 0 Å². The number of hydrogen-bond donors (Lipinski definition) is 0. The van der Waals surface area contributed by atoms with Gasteiger partial charge in [0.15, 0.2) is 11.6 Å². The maximum atomic E-state index is 5.35. The van der Waals surface area contributed by atoms with Gasteiger partial charge in [0.25, 0.3) is 0 Å². The molecule has 0 saturated heterocycles. The Labute approximate surface area is 360 Å². The van der Waals surface area contributed by atoms with Crippen molar-refractivity contribution in [2.45, 2.75) is 12.8 Å². The van der Waals surface area contributed by atoms with E-state index in [1.165, 1.54) is 54.8 Å². The van der Waals surface area contributed by atoms with Crippen LogP contribution in [-0.2, 0) is 0 Å². The zero-order valence-corrected chi connectivity index (χ0v) is 35.2. The molecule has 10 heteroatoms. The molecule has 0 radical (unpaired) electrons. The second-order valence-corrected chi connectivity index (χ2v) is 16.4. The molecule has 0 aliphatic heterocycles. The van der Waals surface area contributed by atoms with Crippen molar-refractivity contribution in [2.75, 3.05) is 0 Å². The van der Waals surface area contributed by atoms with Gasteiger partial charge in [0, 0.05) is 38.2 Å². The van der Waals surface area contributed by atoms with E-state index in [2.05, 4.69) is 188 Å². The fourth-order valence-corrected chi connectivity index (χ4v) is 9.72. The van der Waals surface area contributed by atoms with E-state index in [0.29, 0.717) is 17.6 Å². The first-order valence-corrected chi connectivity index (χ1v) is 21.3. The van der Waals surface area contributed by atoms with Crippen molar-refractivity contribution in [3.05, 3.63) is 164 Å². The molecule has 0 bridgehead atoms. The fraction of sp³-hybridized carbons (Fsp3) is 0.0392. The number of allylic oxidation sites excluding steroid dienone is 4. The van der Waals surface area contributed by atoms with Crippen molar-refractivity contribution in [1.82, 2.24) is 24.1 Å². The normalized spacial score (nSPS) is 12.8. The van der Waals surface area contributed by atoms with E-state index < -0.39 is 0 Å². The van der Waals surface area contributed by atoms with Crippen LogP contribution in [-0.4, -0.2) is 63.3 Å². The molecule has 0 fully saturated rings. The van der Waals surface area contributed by atoms with Gasteiger partial charge in [-0.1, -0.05) is 144 Å². The Balaban J connectivity index is 1.28. The van der Waals surface area contributed by atoms with E-state index in [9.17, 15) is 0 Å². The summed E-state index contributed by atoms with van der Waals surface area (Å²) in [5.74, 6) is 1.91. The summed E-state index contributed by atoms with van der Waals surface area (Å²) in [4.78, 5) is 15.8. The molecule has 1 aliphatic rings. The summed E-state index contributed by atoms with van der Waals surface area (Å²) < 4.78 is 4.78. The molecule has 0 amide bonds. The number of nitrogens with zero attached hydrogens (tertiary/aromatic N) is 5. The summed E-state index contributed by atoms with van der Waals surface area (Å²) in [6.45, 7) is 0. The third-order valence-corrected chi connectivity index (χ3v) is 13.2. The Morgan fingerprint density at radius 3 is 1.64 bits per heavy atom. The standard InChI is InChI=1S/C51H40B5N5/c52-42-41(43(53)45(55)46(56)44(42)54)32-24-27-40(37(28-32)29-14-4-1-5-15-29)60-38-22-12-10-20-33(38)35-25-26-36-34-21-11-13-23-39(34)61(48(36)47(35)60)51-58-49(30-16-6-2-7-17-30)57-50(59-51)31-18-8-3-9-19-31/h1-2,4-8,10-28H,3,9,52-56H2. The first-order valence-electron chi connectivity index (χ1n) is 21.3. The predicted octanol–water partition coefficient (Wildman–Crippen LogP) is 4.09. The lowest BCUT2D eigenvalue weighted by Crippen LogP contribution is -2.55. The molecule has 61 heavy (non-hydrogen) atoms. The maximum Gasteiger partial charge on any atom is 0.238 e. The van der Waals surface area contributed by atoms with Crippen LogP contribution in [0.1, 0.15) is 18.7 Å². The van der Waals surface area contributed by atoms with Crippen LogP contribution in [0.15, 0.2) is 158 Å². The molecule has 0 atom stereocenters. The number of para-hydroxylation sites is 2. The van der Waals surface area contributed by atoms with Crippen LogP contribution >= 0.6 is 0 Å². The van der Waals surface area contributed by atoms with Crippen LogP contribution in [0.2, 0.25) is 0 Å². The molecule has 284 valence electrons. The third kappa shape index (κ3) is 5.88. The number of rotatable bonds is 6. The van der Waals surface area contributed by atoms with Gasteiger partial charge in [-0.2, -0.15) is 9.97 Å². The quantitative estimate of drug-likeness (QED) is 0.240. The van der Waals surface area contributed by atoms with Gasteiger partial charge in [0.05, 0.1) is 27.8 Å². The summed E-state index contributed by atoms with van der Waals surface area (Å²) in [6, 6.07) is 50.3. The number of benzene rings is 7. The minimum absolute atomic E-state index is 0.592. The smallest absolute Gasteiger partial charge is 0.238 e. The highest BCUT2D eigenvalue weighted by Gasteiger charge is 2.25. The summed E-state index contributed by atoms with van der Waals surface area (Å²) in [6.07, 6.45) is 8.57. The van der Waals surface area contributed by atoms with Gasteiger partial charge >= 0.3 is 0 Å². The Bertz CT molecular complexity index is 3450. The third-order valence-electron chi connectivity index (χ3n) is 13.2. The lowest BCUT2D eigenvalue weighted by Gasteiger charge is -2.22. The van der Waals surface area contributed by atoms with E-state index in [0.717, 1.165) is 68.1 Å². The minimum Gasteiger partial charge on any atom is -0.307 e. The minimum atomic E-state index is 0.592. The van der Waals surface area contributed by atoms with Gasteiger partial charge in [0.1, 0.15) is 39.2 Å². The molecule has 0 saturated carbocycles. The number of fused-ring (bicyclic) bond motifs is 7. The highest BCUT2D eigenvalue weighted by molar-refractivity contribution is 6.68. The molecule has 11 rings (SSSR count). The van der Waals surface area contributed by atoms with Crippen molar-refractivity contribution in [3.8, 4) is 45.3 Å². The maximum absolute atomic E-state index is 5.35. The van der Waals surface area contributed by atoms with Gasteiger partial charge < -0.3 is 4.57 Å². The zero-order chi connectivity index (χ0) is 41.4. The van der Waals surface area contributed by atoms with Crippen LogP contribution in [0.25, 0.3) is 94.5 Å². The molecule has 0 N–H and O–H groups in total. The van der Waals surface area contributed by atoms with Crippen molar-refractivity contribution < 1.29 is 0 Å². The van der Waals surface area contributed by atoms with Crippen LogP contribution in [0.5, 0.6) is 0 Å². The summed E-state index contributed by atoms with van der Waals surface area (Å²) in [5, 5.41) is 4.64. The fourth-order valence-electron chi connectivity index (χ4n) is 9.72. The molecule has 0 unspecified atom stereocenters. The molecule has 1 aliphatic carbocycles. The second-order valence-electron chi connectivity index (χ2n) is 16.4. The van der Waals surface area contributed by atoms with Crippen LogP contribution in [0, 0.1) is 0 Å². The summed E-state index contributed by atoms with van der Waals surface area (Å²) >= 11 is 0. The van der Waals surface area contributed by atoms with Crippen LogP contribution < -0.4 is 27.3 Å². The predicted molar refractivity (Wildman–Crippen MR) is 272 cm³/mol. The van der Waals surface area contributed by atoms with Gasteiger partial charge in [-0.05, 0) is 53.8 Å². The van der Waals surface area contributed by atoms with Gasteiger partial charge in [-0.3, -0.25) is 4.57 Å². The SMILES string of the molecule is Bc1c(B)c(B)c(-c2ccc(-n3c4ccccc4c4ccc5c6ccccc6n(-c6nc(C7=CCCC=C7)nc(-c7ccccc7)n6)c5c43)c(-c3ccccc3)c2)c(B)c1B. The molecule has 10 aromatic rings. The Hall–Kier alpha value is -7.05. The second kappa shape index (κ2) is 14.6. The lowest BCUT2D eigenvalue weighted by molar-refractivity contribution is 0.928. The van der Waals surface area contributed by atoms with E-state index in [1.807, 2.05) is 18.2 Å². The van der Waals surface area contributed by atoms with Gasteiger partial charge in [0.2, 0.25) is 5.95 Å². The van der Waals surface area contributed by atoms with Gasteiger partial charge in [-0.15, -0.1) is 16.4 Å². The van der Waals surface area contributed by atoms with Crippen molar-refractivity contribution >= 4 is 116 Å². The Morgan fingerprint density at radius 2 is 1.00 bits per heavy atom. The van der Waals surface area contributed by atoms with Crippen LogP contribution in [0.4, 0.5) is 0 Å². The van der Waals surface area contributed by atoms with Crippen molar-refractivity contribution in [1.29, 1.82) is 0 Å². The van der Waals surface area contributed by atoms with E-state index >= 15 is 0 Å². The van der Waals surface area contributed by atoms with E-state index in [1.54, 1.807) is 0 Å². The molecule has 7 aromatic carbocycles. The first-order chi connectivity index (χ1) is 29.9. The summed E-state index contributed by atoms with van der Waals surface area (Å²) in [7, 11) is 11.3. The van der Waals surface area contributed by atoms with Gasteiger partial charge in [-0.25, -0.2) is 4.98 Å². The Kier molecular flexibility index (Phi) is 8.85. The largest absolute Gasteiger partial charge is 0.307 e. The molecule has 5 nitrogen and oxygen atoms in total. The van der Waals surface area contributed by atoms with Crippen molar-refractivity contribution in [3.63, 3.8) is 0 Å². The van der Waals surface area contributed by atoms with E-state index in [-0.39, 0.29) is 0 Å². The number of aromatic nitrogens is 5. The lowest BCUT2D eigenvalue weighted by atomic mass is 9.59. The average molecular weight is 777 g/mol. The van der Waals surface area contributed by atoms with E-state index in [4.69, 9.17) is 15.0 Å².